The van der Waals surface area contributed by atoms with Crippen LogP contribution in [0.5, 0.6) is 0 Å². The number of likely N-dealkylation sites (tertiary alicyclic amines) is 1. The first-order chi connectivity index (χ1) is 10.8. The molecule has 2 amide bonds. The molecule has 0 spiro atoms. The summed E-state index contributed by atoms with van der Waals surface area (Å²) >= 11 is 1.84. The van der Waals surface area contributed by atoms with Gasteiger partial charge in [0.15, 0.2) is 0 Å². The topological polar surface area (TPSA) is 92.5 Å². The molecule has 6 nitrogen and oxygen atoms in total. The van der Waals surface area contributed by atoms with Crippen LogP contribution in [0.2, 0.25) is 0 Å². The van der Waals surface area contributed by atoms with Crippen LogP contribution in [0, 0.1) is 12.8 Å². The lowest BCUT2D eigenvalue weighted by atomic mass is 9.99. The van der Waals surface area contributed by atoms with E-state index in [2.05, 4.69) is 11.6 Å². The molecule has 0 bridgehead atoms. The number of piperidine rings is 1. The van der Waals surface area contributed by atoms with Crippen molar-refractivity contribution >= 4 is 33.5 Å². The van der Waals surface area contributed by atoms with Gasteiger partial charge < -0.3 is 10.2 Å². The van der Waals surface area contributed by atoms with Crippen molar-refractivity contribution in [1.82, 2.24) is 4.90 Å². The second-order valence-corrected chi connectivity index (χ2v) is 8.31. The summed E-state index contributed by atoms with van der Waals surface area (Å²) in [7, 11) is -3.78. The third-order valence-electron chi connectivity index (χ3n) is 4.08. The summed E-state index contributed by atoms with van der Waals surface area (Å²) in [6, 6.07) is 4.29. The number of primary sulfonamides is 1. The van der Waals surface area contributed by atoms with Gasteiger partial charge in [-0.15, -0.1) is 0 Å². The summed E-state index contributed by atoms with van der Waals surface area (Å²) in [4.78, 5) is 14.1. The fraction of sp³-hybridized carbons (Fsp3) is 0.533. The van der Waals surface area contributed by atoms with E-state index in [9.17, 15) is 13.2 Å². The zero-order chi connectivity index (χ0) is 17.0. The van der Waals surface area contributed by atoms with Crippen LogP contribution in [0.1, 0.15) is 18.4 Å². The highest BCUT2D eigenvalue weighted by Gasteiger charge is 2.23. The summed E-state index contributed by atoms with van der Waals surface area (Å²) in [5, 5.41) is 7.94. The molecule has 1 aromatic rings. The first-order valence-electron chi connectivity index (χ1n) is 7.49. The van der Waals surface area contributed by atoms with Crippen molar-refractivity contribution in [3.63, 3.8) is 0 Å². The Hall–Kier alpha value is -1.25. The molecule has 23 heavy (non-hydrogen) atoms. The molecule has 0 atom stereocenters. The van der Waals surface area contributed by atoms with Gasteiger partial charge >= 0.3 is 6.03 Å². The Morgan fingerprint density at radius 1 is 1.39 bits per heavy atom. The number of hydrogen-bond donors (Lipinski definition) is 2. The van der Waals surface area contributed by atoms with Crippen LogP contribution in [-0.4, -0.2) is 44.4 Å². The number of nitrogens with one attached hydrogen (secondary N) is 1. The maximum Gasteiger partial charge on any atom is 0.321 e. The normalized spacial score (nSPS) is 16.4. The average Bonchev–Trinajstić information content (AvgIpc) is 2.49. The Morgan fingerprint density at radius 3 is 2.61 bits per heavy atom. The lowest BCUT2D eigenvalue weighted by Crippen LogP contribution is -2.41. The predicted octanol–water partition coefficient (Wildman–Crippen LogP) is 2.25. The van der Waals surface area contributed by atoms with Gasteiger partial charge in [0.05, 0.1) is 4.90 Å². The van der Waals surface area contributed by atoms with E-state index in [0.717, 1.165) is 37.2 Å². The van der Waals surface area contributed by atoms with Crippen molar-refractivity contribution in [1.29, 1.82) is 0 Å². The highest BCUT2D eigenvalue weighted by Crippen LogP contribution is 2.23. The van der Waals surface area contributed by atoms with Crippen LogP contribution >= 0.6 is 11.8 Å². The minimum atomic E-state index is -3.78. The Labute approximate surface area is 141 Å². The summed E-state index contributed by atoms with van der Waals surface area (Å²) in [5.74, 6) is 1.80. The van der Waals surface area contributed by atoms with Crippen LogP contribution in [0.15, 0.2) is 23.1 Å². The third-order valence-corrected chi connectivity index (χ3v) is 5.80. The number of nitrogens with zero attached hydrogens (tertiary/aromatic N) is 1. The molecular formula is C15H23N3O3S2. The number of hydrogen-bond acceptors (Lipinski definition) is 4. The highest BCUT2D eigenvalue weighted by atomic mass is 32.2. The molecule has 0 aliphatic carbocycles. The van der Waals surface area contributed by atoms with Crippen LogP contribution in [0.3, 0.4) is 0 Å². The Balaban J connectivity index is 2.03. The number of aryl methyl sites for hydroxylation is 1. The van der Waals surface area contributed by atoms with Crippen molar-refractivity contribution < 1.29 is 13.2 Å². The van der Waals surface area contributed by atoms with E-state index in [1.807, 2.05) is 18.7 Å². The van der Waals surface area contributed by atoms with Crippen LogP contribution < -0.4 is 10.5 Å². The van der Waals surface area contributed by atoms with Gasteiger partial charge in [0.25, 0.3) is 0 Å². The van der Waals surface area contributed by atoms with Gasteiger partial charge in [-0.3, -0.25) is 0 Å². The minimum absolute atomic E-state index is 0.00270. The second kappa shape index (κ2) is 7.55. The number of thioether (sulfide) groups is 1. The largest absolute Gasteiger partial charge is 0.325 e. The van der Waals surface area contributed by atoms with Gasteiger partial charge in [0.1, 0.15) is 0 Å². The standard InChI is InChI=1S/C15H23N3O3S2/c1-11-3-4-13(23(16,20)21)9-14(11)17-15(19)18-7-5-12(6-8-18)10-22-2/h3-4,9,12H,5-8,10H2,1-2H3,(H,17,19)(H2,16,20,21). The number of amides is 2. The van der Waals surface area contributed by atoms with E-state index in [-0.39, 0.29) is 10.9 Å². The summed E-state index contributed by atoms with van der Waals surface area (Å²) < 4.78 is 22.9. The SMILES string of the molecule is CSCC1CCN(C(=O)Nc2cc(S(N)(=O)=O)ccc2C)CC1. The molecule has 1 aromatic carbocycles. The number of rotatable bonds is 4. The molecule has 3 N–H and O–H groups in total. The molecule has 1 aliphatic heterocycles. The number of sulfonamides is 1. The molecule has 1 aliphatic rings. The van der Waals surface area contributed by atoms with Crippen LogP contribution in [0.25, 0.3) is 0 Å². The first-order valence-corrected chi connectivity index (χ1v) is 10.4. The van der Waals surface area contributed by atoms with Crippen LogP contribution in [-0.2, 0) is 10.0 Å². The van der Waals surface area contributed by atoms with Crippen LogP contribution in [0.4, 0.5) is 10.5 Å². The molecule has 0 aromatic heterocycles. The van der Waals surface area contributed by atoms with Crippen molar-refractivity contribution in [2.75, 3.05) is 30.4 Å². The van der Waals surface area contributed by atoms with Gasteiger partial charge in [0, 0.05) is 18.8 Å². The van der Waals surface area contributed by atoms with Gasteiger partial charge in [-0.2, -0.15) is 11.8 Å². The lowest BCUT2D eigenvalue weighted by molar-refractivity contribution is 0.187. The molecule has 0 unspecified atom stereocenters. The van der Waals surface area contributed by atoms with Gasteiger partial charge in [-0.25, -0.2) is 18.4 Å². The Bertz CT molecular complexity index is 669. The van der Waals surface area contributed by atoms with Crippen molar-refractivity contribution in [3.8, 4) is 0 Å². The molecule has 1 heterocycles. The van der Waals surface area contributed by atoms with E-state index in [1.165, 1.54) is 12.1 Å². The van der Waals surface area contributed by atoms with Gasteiger partial charge in [0.2, 0.25) is 10.0 Å². The quantitative estimate of drug-likeness (QED) is 0.864. The van der Waals surface area contributed by atoms with Crippen molar-refractivity contribution in [2.45, 2.75) is 24.7 Å². The fourth-order valence-electron chi connectivity index (χ4n) is 2.65. The predicted molar refractivity (Wildman–Crippen MR) is 94.2 cm³/mol. The Morgan fingerprint density at radius 2 is 2.04 bits per heavy atom. The Kier molecular flexibility index (Phi) is 5.94. The first kappa shape index (κ1) is 18.1. The number of carbonyl (C=O) groups excluding carboxylic acids is 1. The molecule has 2 rings (SSSR count). The smallest absolute Gasteiger partial charge is 0.321 e. The molecular weight excluding hydrogens is 334 g/mol. The van der Waals surface area contributed by atoms with E-state index in [0.29, 0.717) is 11.6 Å². The molecule has 0 radical (unpaired) electrons. The zero-order valence-corrected chi connectivity index (χ0v) is 15.0. The zero-order valence-electron chi connectivity index (χ0n) is 13.4. The highest BCUT2D eigenvalue weighted by molar-refractivity contribution is 7.98. The van der Waals surface area contributed by atoms with E-state index in [4.69, 9.17) is 5.14 Å². The third kappa shape index (κ3) is 4.86. The molecule has 128 valence electrons. The number of anilines is 1. The summed E-state index contributed by atoms with van der Waals surface area (Å²) in [5.41, 5.74) is 1.27. The van der Waals surface area contributed by atoms with Gasteiger partial charge in [-0.1, -0.05) is 6.07 Å². The number of nitrogens with two attached hydrogens (primary N) is 1. The molecule has 1 saturated heterocycles. The number of carbonyl (C=O) groups is 1. The molecule has 1 fully saturated rings. The fourth-order valence-corrected chi connectivity index (χ4v) is 3.99. The molecule has 0 saturated carbocycles. The average molecular weight is 358 g/mol. The minimum Gasteiger partial charge on any atom is -0.325 e. The molecule has 8 heteroatoms. The van der Waals surface area contributed by atoms with E-state index < -0.39 is 10.0 Å². The number of urea groups is 1. The second-order valence-electron chi connectivity index (χ2n) is 5.84. The summed E-state index contributed by atoms with van der Waals surface area (Å²) in [6.07, 6.45) is 4.11. The summed E-state index contributed by atoms with van der Waals surface area (Å²) in [6.45, 7) is 3.27. The monoisotopic (exact) mass is 357 g/mol. The van der Waals surface area contributed by atoms with E-state index in [1.54, 1.807) is 11.0 Å². The maximum absolute atomic E-state index is 12.4. The van der Waals surface area contributed by atoms with Gasteiger partial charge in [-0.05, 0) is 55.4 Å². The lowest BCUT2D eigenvalue weighted by Gasteiger charge is -2.31. The maximum atomic E-state index is 12.4. The van der Waals surface area contributed by atoms with Crippen molar-refractivity contribution in [2.24, 2.45) is 11.1 Å². The van der Waals surface area contributed by atoms with E-state index >= 15 is 0 Å². The number of benzene rings is 1. The van der Waals surface area contributed by atoms with Crippen molar-refractivity contribution in [3.05, 3.63) is 23.8 Å².